The molecule has 2 unspecified atom stereocenters. The van der Waals surface area contributed by atoms with Gasteiger partial charge in [-0.05, 0) is 74.1 Å². The van der Waals surface area contributed by atoms with Gasteiger partial charge in [-0.1, -0.05) is 29.8 Å². The van der Waals surface area contributed by atoms with Gasteiger partial charge in [0.2, 0.25) is 0 Å². The number of para-hydroxylation sites is 1. The molecule has 0 saturated carbocycles. The molecule has 6 nitrogen and oxygen atoms in total. The maximum absolute atomic E-state index is 6.61. The summed E-state index contributed by atoms with van der Waals surface area (Å²) in [6.07, 6.45) is 1.81. The lowest BCUT2D eigenvalue weighted by atomic mass is 9.96. The predicted molar refractivity (Wildman–Crippen MR) is 148 cm³/mol. The Hall–Kier alpha value is -3.55. The molecule has 0 radical (unpaired) electrons. The van der Waals surface area contributed by atoms with Crippen LogP contribution in [-0.2, 0) is 0 Å². The van der Waals surface area contributed by atoms with Crippen molar-refractivity contribution in [2.75, 3.05) is 19.1 Å². The smallest absolute Gasteiger partial charge is 0.174 e. The highest BCUT2D eigenvalue weighted by Crippen LogP contribution is 2.47. The maximum Gasteiger partial charge on any atom is 0.174 e. The van der Waals surface area contributed by atoms with Crippen molar-refractivity contribution in [2.45, 2.75) is 25.9 Å². The maximum atomic E-state index is 6.61. The van der Waals surface area contributed by atoms with Crippen molar-refractivity contribution in [3.8, 4) is 17.2 Å². The summed E-state index contributed by atoms with van der Waals surface area (Å²) in [4.78, 5) is 6.79. The summed E-state index contributed by atoms with van der Waals surface area (Å²) in [5.74, 6) is 1.38. The van der Waals surface area contributed by atoms with Crippen molar-refractivity contribution in [2.24, 2.45) is 0 Å². The zero-order valence-corrected chi connectivity index (χ0v) is 22.1. The van der Waals surface area contributed by atoms with Crippen LogP contribution in [0.3, 0.4) is 0 Å². The van der Waals surface area contributed by atoms with Crippen molar-refractivity contribution in [1.82, 2.24) is 14.9 Å². The summed E-state index contributed by atoms with van der Waals surface area (Å²) < 4.78 is 13.4. The summed E-state index contributed by atoms with van der Waals surface area (Å²) in [6.45, 7) is 4.21. The first kappa shape index (κ1) is 24.2. The van der Waals surface area contributed by atoms with Crippen LogP contribution in [0.25, 0.3) is 5.69 Å². The SMILES string of the molecule is COc1ccc(N2C(=S)NC(c3ccccn3)C2c2cc(C)n(-c3ccccc3Cl)c2C)c(OC)c1. The first-order valence-corrected chi connectivity index (χ1v) is 12.4. The number of nitrogens with one attached hydrogen (secondary N) is 1. The number of hydrogen-bond donors (Lipinski definition) is 1. The van der Waals surface area contributed by atoms with Gasteiger partial charge in [0.1, 0.15) is 11.5 Å². The van der Waals surface area contributed by atoms with Crippen LogP contribution in [0.1, 0.15) is 34.7 Å². The lowest BCUT2D eigenvalue weighted by Gasteiger charge is -2.29. The molecule has 8 heteroatoms. The normalized spacial score (nSPS) is 17.2. The molecule has 0 bridgehead atoms. The third kappa shape index (κ3) is 4.08. The Labute approximate surface area is 221 Å². The number of nitrogens with zero attached hydrogens (tertiary/aromatic N) is 3. The third-order valence-corrected chi connectivity index (χ3v) is 7.26. The van der Waals surface area contributed by atoms with Gasteiger partial charge in [0.05, 0.1) is 48.4 Å². The minimum absolute atomic E-state index is 0.175. The largest absolute Gasteiger partial charge is 0.497 e. The first-order valence-electron chi connectivity index (χ1n) is 11.6. The van der Waals surface area contributed by atoms with Gasteiger partial charge >= 0.3 is 0 Å². The Kier molecular flexibility index (Phi) is 6.60. The number of halogens is 1. The number of anilines is 1. The Bertz CT molecular complexity index is 1420. The van der Waals surface area contributed by atoms with Crippen molar-refractivity contribution in [3.05, 3.63) is 101 Å². The van der Waals surface area contributed by atoms with Gasteiger partial charge < -0.3 is 24.3 Å². The van der Waals surface area contributed by atoms with Gasteiger partial charge in [-0.3, -0.25) is 4.98 Å². The lowest BCUT2D eigenvalue weighted by Crippen LogP contribution is -2.30. The lowest BCUT2D eigenvalue weighted by molar-refractivity contribution is 0.394. The molecule has 184 valence electrons. The molecular formula is C28H27ClN4O2S. The molecule has 5 rings (SSSR count). The van der Waals surface area contributed by atoms with Gasteiger partial charge in [0.25, 0.3) is 0 Å². The highest BCUT2D eigenvalue weighted by molar-refractivity contribution is 7.80. The standard InChI is InChI=1S/C28H27ClN4O2S/c1-17-15-20(18(2)32(17)23-11-6-5-9-21(23)29)27-26(22-10-7-8-14-30-22)31-28(36)33(27)24-13-12-19(34-3)16-25(24)35-4/h5-16,26-27H,1-4H3,(H,31,36). The summed E-state index contributed by atoms with van der Waals surface area (Å²) in [7, 11) is 3.29. The molecule has 2 aromatic heterocycles. The van der Waals surface area contributed by atoms with Gasteiger partial charge in [0.15, 0.2) is 5.11 Å². The molecule has 1 fully saturated rings. The Morgan fingerprint density at radius 3 is 2.42 bits per heavy atom. The van der Waals surface area contributed by atoms with E-state index in [1.165, 1.54) is 0 Å². The second-order valence-electron chi connectivity index (χ2n) is 8.65. The second-order valence-corrected chi connectivity index (χ2v) is 9.44. The van der Waals surface area contributed by atoms with Crippen molar-refractivity contribution in [1.29, 1.82) is 0 Å². The van der Waals surface area contributed by atoms with E-state index in [9.17, 15) is 0 Å². The Morgan fingerprint density at radius 1 is 0.944 bits per heavy atom. The fourth-order valence-corrected chi connectivity index (χ4v) is 5.56. The van der Waals surface area contributed by atoms with E-state index in [4.69, 9.17) is 33.3 Å². The molecule has 0 amide bonds. The van der Waals surface area contributed by atoms with Crippen LogP contribution in [0.5, 0.6) is 11.5 Å². The van der Waals surface area contributed by atoms with Gasteiger partial charge in [0, 0.05) is 23.7 Å². The van der Waals surface area contributed by atoms with E-state index >= 15 is 0 Å². The number of pyridine rings is 1. The average Bonchev–Trinajstić information content (AvgIpc) is 3.39. The van der Waals surface area contributed by atoms with Gasteiger partial charge in [-0.2, -0.15) is 0 Å². The average molecular weight is 519 g/mol. The number of thiocarbonyl (C=S) groups is 1. The zero-order chi connectivity index (χ0) is 25.4. The number of aryl methyl sites for hydroxylation is 1. The molecule has 2 atom stereocenters. The van der Waals surface area contributed by atoms with E-state index in [-0.39, 0.29) is 12.1 Å². The topological polar surface area (TPSA) is 51.5 Å². The quantitative estimate of drug-likeness (QED) is 0.301. The molecule has 3 heterocycles. The van der Waals surface area contributed by atoms with Crippen molar-refractivity contribution in [3.63, 3.8) is 0 Å². The van der Waals surface area contributed by atoms with Crippen LogP contribution in [0.2, 0.25) is 5.02 Å². The number of methoxy groups -OCH3 is 2. The van der Waals surface area contributed by atoms with Crippen LogP contribution in [-0.4, -0.2) is 28.9 Å². The van der Waals surface area contributed by atoms with Gasteiger partial charge in [-0.25, -0.2) is 0 Å². The highest BCUT2D eigenvalue weighted by Gasteiger charge is 2.43. The van der Waals surface area contributed by atoms with Crippen LogP contribution in [0, 0.1) is 13.8 Å². The van der Waals surface area contributed by atoms with Crippen LogP contribution < -0.4 is 19.7 Å². The minimum Gasteiger partial charge on any atom is -0.497 e. The predicted octanol–water partition coefficient (Wildman–Crippen LogP) is 6.34. The summed E-state index contributed by atoms with van der Waals surface area (Å²) in [5, 5.41) is 4.82. The van der Waals surface area contributed by atoms with E-state index in [1.54, 1.807) is 20.4 Å². The fraction of sp³-hybridized carbons (Fsp3) is 0.214. The molecular weight excluding hydrogens is 492 g/mol. The number of aromatic nitrogens is 2. The monoisotopic (exact) mass is 518 g/mol. The van der Waals surface area contributed by atoms with E-state index in [1.807, 2.05) is 60.7 Å². The number of hydrogen-bond acceptors (Lipinski definition) is 4. The Morgan fingerprint density at radius 2 is 1.72 bits per heavy atom. The van der Waals surface area contributed by atoms with Gasteiger partial charge in [-0.15, -0.1) is 0 Å². The molecule has 1 aliphatic heterocycles. The molecule has 1 aliphatic rings. The summed E-state index contributed by atoms with van der Waals surface area (Å²) in [6, 6.07) is 21.4. The van der Waals surface area contributed by atoms with Crippen LogP contribution >= 0.6 is 23.8 Å². The second kappa shape index (κ2) is 9.84. The molecule has 0 aliphatic carbocycles. The van der Waals surface area contributed by atoms with E-state index in [2.05, 4.69) is 39.7 Å². The number of rotatable bonds is 6. The van der Waals surface area contributed by atoms with Crippen molar-refractivity contribution < 1.29 is 9.47 Å². The molecule has 36 heavy (non-hydrogen) atoms. The van der Waals surface area contributed by atoms with Crippen LogP contribution in [0.15, 0.2) is 72.9 Å². The highest BCUT2D eigenvalue weighted by atomic mass is 35.5. The number of benzene rings is 2. The molecule has 4 aromatic rings. The third-order valence-electron chi connectivity index (χ3n) is 6.63. The van der Waals surface area contributed by atoms with Crippen LogP contribution in [0.4, 0.5) is 5.69 Å². The summed E-state index contributed by atoms with van der Waals surface area (Å²) >= 11 is 12.5. The first-order chi connectivity index (χ1) is 17.4. The van der Waals surface area contributed by atoms with E-state index in [0.717, 1.165) is 34.0 Å². The molecule has 0 spiro atoms. The summed E-state index contributed by atoms with van der Waals surface area (Å²) in [5.41, 5.74) is 5.97. The minimum atomic E-state index is -0.183. The molecule has 2 aromatic carbocycles. The number of ether oxygens (including phenoxy) is 2. The molecule has 1 N–H and O–H groups in total. The fourth-order valence-electron chi connectivity index (χ4n) is 5.01. The van der Waals surface area contributed by atoms with Crippen molar-refractivity contribution >= 4 is 34.6 Å². The van der Waals surface area contributed by atoms with E-state index < -0.39 is 0 Å². The van der Waals surface area contributed by atoms with E-state index in [0.29, 0.717) is 21.6 Å². The zero-order valence-electron chi connectivity index (χ0n) is 20.5. The molecule has 1 saturated heterocycles. The Balaban J connectivity index is 1.71.